The molecule has 0 heterocycles. The van der Waals surface area contributed by atoms with Gasteiger partial charge in [0.05, 0.1) is 6.10 Å². The first-order valence-corrected chi connectivity index (χ1v) is 4.32. The van der Waals surface area contributed by atoms with Crippen molar-refractivity contribution in [2.45, 2.75) is 13.0 Å². The molecule has 1 unspecified atom stereocenters. The lowest BCUT2D eigenvalue weighted by molar-refractivity contribution is 0.0948. The van der Waals surface area contributed by atoms with E-state index in [-0.39, 0.29) is 6.10 Å². The molecule has 0 aliphatic rings. The normalized spacial score (nSPS) is 12.9. The molecule has 1 aromatic rings. The Hall–Kier alpha value is -0.530. The van der Waals surface area contributed by atoms with Crippen molar-refractivity contribution in [1.82, 2.24) is 0 Å². The highest BCUT2D eigenvalue weighted by molar-refractivity contribution is 6.30. The highest BCUT2D eigenvalue weighted by Crippen LogP contribution is 2.18. The lowest BCUT2D eigenvalue weighted by Gasteiger charge is -2.11. The molecule has 0 saturated heterocycles. The van der Waals surface area contributed by atoms with Gasteiger partial charge in [-0.25, -0.2) is 0 Å². The third kappa shape index (κ3) is 2.50. The summed E-state index contributed by atoms with van der Waals surface area (Å²) in [6.07, 6.45) is -0.0905. The summed E-state index contributed by atoms with van der Waals surface area (Å²) in [5, 5.41) is 0.738. The van der Waals surface area contributed by atoms with E-state index in [0.29, 0.717) is 6.61 Å². The molecule has 1 atom stereocenters. The summed E-state index contributed by atoms with van der Waals surface area (Å²) in [6, 6.07) is 7.54. The third-order valence-electron chi connectivity index (χ3n) is 1.61. The van der Waals surface area contributed by atoms with Crippen LogP contribution in [0.1, 0.15) is 18.6 Å². The molecule has 2 heteroatoms. The summed E-state index contributed by atoms with van der Waals surface area (Å²) in [5.74, 6) is 0. The van der Waals surface area contributed by atoms with Gasteiger partial charge in [0, 0.05) is 11.6 Å². The van der Waals surface area contributed by atoms with Crippen molar-refractivity contribution in [2.24, 2.45) is 0 Å². The van der Waals surface area contributed by atoms with Crippen LogP contribution in [-0.2, 0) is 4.74 Å². The van der Waals surface area contributed by atoms with Gasteiger partial charge in [-0.3, -0.25) is 0 Å². The van der Waals surface area contributed by atoms with Crippen LogP contribution in [0.2, 0.25) is 5.02 Å². The fraction of sp³-hybridized carbons (Fsp3) is 0.300. The van der Waals surface area contributed by atoms with Crippen molar-refractivity contribution in [1.29, 1.82) is 0 Å². The first-order valence-electron chi connectivity index (χ1n) is 3.94. The molecule has 65 valence electrons. The Morgan fingerprint density at radius 2 is 2.00 bits per heavy atom. The Balaban J connectivity index is 2.68. The Labute approximate surface area is 78.3 Å². The highest BCUT2D eigenvalue weighted by Gasteiger charge is 2.03. The molecule has 1 rings (SSSR count). The molecular weight excluding hydrogens is 172 g/mol. The molecule has 0 aromatic heterocycles. The van der Waals surface area contributed by atoms with Crippen LogP contribution in [0.5, 0.6) is 0 Å². The summed E-state index contributed by atoms with van der Waals surface area (Å²) in [6.45, 7) is 6.49. The monoisotopic (exact) mass is 183 g/mol. The highest BCUT2D eigenvalue weighted by atomic mass is 35.5. The Bertz CT molecular complexity index is 230. The van der Waals surface area contributed by atoms with E-state index in [0.717, 1.165) is 10.6 Å². The second kappa shape index (κ2) is 4.48. The first-order chi connectivity index (χ1) is 5.74. The molecule has 0 spiro atoms. The van der Waals surface area contributed by atoms with Crippen molar-refractivity contribution in [3.63, 3.8) is 0 Å². The van der Waals surface area contributed by atoms with Crippen LogP contribution >= 0.6 is 11.6 Å². The zero-order valence-corrected chi connectivity index (χ0v) is 7.84. The summed E-state index contributed by atoms with van der Waals surface area (Å²) in [5.41, 5.74) is 1.06. The maximum atomic E-state index is 5.73. The summed E-state index contributed by atoms with van der Waals surface area (Å²) in [7, 11) is 0. The topological polar surface area (TPSA) is 9.23 Å². The molecule has 0 aliphatic heterocycles. The van der Waals surface area contributed by atoms with E-state index >= 15 is 0 Å². The zero-order valence-electron chi connectivity index (χ0n) is 7.09. The number of benzene rings is 1. The second-order valence-corrected chi connectivity index (χ2v) is 2.93. The van der Waals surface area contributed by atoms with Crippen molar-refractivity contribution in [3.05, 3.63) is 41.8 Å². The predicted molar refractivity (Wildman–Crippen MR) is 51.2 cm³/mol. The van der Waals surface area contributed by atoms with E-state index in [1.807, 2.05) is 31.2 Å². The molecule has 0 N–H and O–H groups in total. The predicted octanol–water partition coefficient (Wildman–Crippen LogP) is 3.25. The van der Waals surface area contributed by atoms with E-state index in [1.54, 1.807) is 0 Å². The number of rotatable bonds is 3. The lowest BCUT2D eigenvalue weighted by Crippen LogP contribution is -1.98. The molecule has 12 heavy (non-hydrogen) atoms. The van der Waals surface area contributed by atoms with Gasteiger partial charge in [0.25, 0.3) is 0 Å². The van der Waals surface area contributed by atoms with Crippen molar-refractivity contribution >= 4 is 11.6 Å². The van der Waals surface area contributed by atoms with Crippen LogP contribution in [0, 0.1) is 6.92 Å². The van der Waals surface area contributed by atoms with Crippen LogP contribution in [0.15, 0.2) is 24.3 Å². The minimum Gasteiger partial charge on any atom is -0.374 e. The summed E-state index contributed by atoms with van der Waals surface area (Å²) >= 11 is 5.73. The average Bonchev–Trinajstić information content (AvgIpc) is 2.06. The van der Waals surface area contributed by atoms with Crippen LogP contribution in [-0.4, -0.2) is 6.61 Å². The van der Waals surface area contributed by atoms with Gasteiger partial charge in [-0.2, -0.15) is 0 Å². The standard InChI is InChI=1S/C10H12ClO/c1-3-12-8(2)9-4-6-10(11)7-5-9/h4-8H,2-3H2,1H3. The molecule has 0 fully saturated rings. The van der Waals surface area contributed by atoms with Gasteiger partial charge in [0.1, 0.15) is 0 Å². The van der Waals surface area contributed by atoms with E-state index < -0.39 is 0 Å². The molecule has 1 aromatic carbocycles. The molecule has 0 saturated carbocycles. The fourth-order valence-corrected chi connectivity index (χ4v) is 1.10. The molecule has 0 amide bonds. The minimum atomic E-state index is -0.0905. The lowest BCUT2D eigenvalue weighted by atomic mass is 10.1. The zero-order chi connectivity index (χ0) is 8.97. The van der Waals surface area contributed by atoms with Gasteiger partial charge in [0.15, 0.2) is 0 Å². The SMILES string of the molecule is [CH2]C(OCC)c1ccc(Cl)cc1. The van der Waals surface area contributed by atoms with Crippen molar-refractivity contribution < 1.29 is 4.74 Å². The van der Waals surface area contributed by atoms with Crippen LogP contribution in [0.4, 0.5) is 0 Å². The Morgan fingerprint density at radius 3 is 2.50 bits per heavy atom. The van der Waals surface area contributed by atoms with Crippen LogP contribution < -0.4 is 0 Å². The van der Waals surface area contributed by atoms with Gasteiger partial charge in [-0.15, -0.1) is 0 Å². The number of hydrogen-bond donors (Lipinski definition) is 0. The Morgan fingerprint density at radius 1 is 1.42 bits per heavy atom. The third-order valence-corrected chi connectivity index (χ3v) is 1.86. The van der Waals surface area contributed by atoms with Gasteiger partial charge in [-0.05, 0) is 31.5 Å². The average molecular weight is 184 g/mol. The number of hydrogen-bond acceptors (Lipinski definition) is 1. The largest absolute Gasteiger partial charge is 0.374 e. The molecule has 1 nitrogen and oxygen atoms in total. The molecule has 0 bridgehead atoms. The van der Waals surface area contributed by atoms with E-state index in [4.69, 9.17) is 16.3 Å². The van der Waals surface area contributed by atoms with E-state index in [2.05, 4.69) is 6.92 Å². The van der Waals surface area contributed by atoms with Crippen LogP contribution in [0.3, 0.4) is 0 Å². The Kier molecular flexibility index (Phi) is 3.57. The quantitative estimate of drug-likeness (QED) is 0.699. The van der Waals surface area contributed by atoms with Gasteiger partial charge >= 0.3 is 0 Å². The molecule has 1 radical (unpaired) electrons. The van der Waals surface area contributed by atoms with Crippen molar-refractivity contribution in [3.8, 4) is 0 Å². The van der Waals surface area contributed by atoms with E-state index in [1.165, 1.54) is 0 Å². The summed E-state index contributed by atoms with van der Waals surface area (Å²) in [4.78, 5) is 0. The second-order valence-electron chi connectivity index (χ2n) is 2.50. The van der Waals surface area contributed by atoms with Crippen molar-refractivity contribution in [2.75, 3.05) is 6.61 Å². The van der Waals surface area contributed by atoms with Gasteiger partial charge < -0.3 is 4.74 Å². The van der Waals surface area contributed by atoms with Gasteiger partial charge in [-0.1, -0.05) is 23.7 Å². The maximum absolute atomic E-state index is 5.73. The number of halogens is 1. The summed E-state index contributed by atoms with van der Waals surface area (Å²) < 4.78 is 5.31. The fourth-order valence-electron chi connectivity index (χ4n) is 0.975. The van der Waals surface area contributed by atoms with Gasteiger partial charge in [0.2, 0.25) is 0 Å². The number of ether oxygens (including phenoxy) is 1. The van der Waals surface area contributed by atoms with Crippen LogP contribution in [0.25, 0.3) is 0 Å². The molecule has 0 aliphatic carbocycles. The smallest absolute Gasteiger partial charge is 0.0825 e. The molecular formula is C10H12ClO. The minimum absolute atomic E-state index is 0.0905. The first kappa shape index (κ1) is 9.56. The maximum Gasteiger partial charge on any atom is 0.0825 e. The van der Waals surface area contributed by atoms with E-state index in [9.17, 15) is 0 Å².